The van der Waals surface area contributed by atoms with Gasteiger partial charge < -0.3 is 5.32 Å². The molecule has 1 aromatic carbocycles. The molecule has 0 atom stereocenters. The van der Waals surface area contributed by atoms with E-state index in [2.05, 4.69) is 12.2 Å². The van der Waals surface area contributed by atoms with Crippen LogP contribution in [0.1, 0.15) is 43.5 Å². The fraction of sp³-hybridized carbons (Fsp3) is 0.533. The van der Waals surface area contributed by atoms with Crippen LogP contribution < -0.4 is 9.62 Å². The Labute approximate surface area is 127 Å². The summed E-state index contributed by atoms with van der Waals surface area (Å²) in [5.41, 5.74) is 1.09. The molecule has 0 saturated carbocycles. The second-order valence-electron chi connectivity index (χ2n) is 4.88. The monoisotopic (exact) mass is 312 g/mol. The van der Waals surface area contributed by atoms with Crippen molar-refractivity contribution in [2.45, 2.75) is 33.1 Å². The summed E-state index contributed by atoms with van der Waals surface area (Å²) in [5, 5.41) is 2.85. The van der Waals surface area contributed by atoms with Crippen molar-refractivity contribution in [3.8, 4) is 0 Å². The normalized spacial score (nSPS) is 11.2. The number of amides is 1. The van der Waals surface area contributed by atoms with E-state index in [0.717, 1.165) is 19.3 Å². The third-order valence-electron chi connectivity index (χ3n) is 3.34. The first-order valence-corrected chi connectivity index (χ1v) is 8.88. The minimum Gasteiger partial charge on any atom is -0.352 e. The summed E-state index contributed by atoms with van der Waals surface area (Å²) in [6.45, 7) is 4.38. The molecule has 0 saturated heterocycles. The van der Waals surface area contributed by atoms with Gasteiger partial charge in [-0.15, -0.1) is 0 Å². The number of anilines is 1. The predicted octanol–water partition coefficient (Wildman–Crippen LogP) is 2.39. The van der Waals surface area contributed by atoms with E-state index >= 15 is 0 Å². The lowest BCUT2D eigenvalue weighted by atomic mass is 10.2. The largest absolute Gasteiger partial charge is 0.352 e. The molecule has 21 heavy (non-hydrogen) atoms. The van der Waals surface area contributed by atoms with E-state index in [0.29, 0.717) is 17.8 Å². The van der Waals surface area contributed by atoms with Gasteiger partial charge in [-0.25, -0.2) is 8.42 Å². The van der Waals surface area contributed by atoms with E-state index < -0.39 is 10.0 Å². The average Bonchev–Trinajstić information content (AvgIpc) is 2.50. The van der Waals surface area contributed by atoms with E-state index in [9.17, 15) is 13.2 Å². The maximum Gasteiger partial charge on any atom is 0.251 e. The number of rotatable bonds is 8. The third-order valence-corrected chi connectivity index (χ3v) is 5.12. The zero-order valence-electron chi connectivity index (χ0n) is 12.9. The number of nitrogens with zero attached hydrogens (tertiary/aromatic N) is 1. The molecule has 0 radical (unpaired) electrons. The highest BCUT2D eigenvalue weighted by Gasteiger charge is 2.16. The summed E-state index contributed by atoms with van der Waals surface area (Å²) in [7, 11) is -1.76. The molecule has 0 heterocycles. The fourth-order valence-corrected chi connectivity index (χ4v) is 2.69. The van der Waals surface area contributed by atoms with Gasteiger partial charge in [-0.3, -0.25) is 9.10 Å². The Morgan fingerprint density at radius 1 is 1.14 bits per heavy atom. The highest BCUT2D eigenvalue weighted by molar-refractivity contribution is 7.92. The quantitative estimate of drug-likeness (QED) is 0.750. The van der Waals surface area contributed by atoms with Crippen molar-refractivity contribution in [1.82, 2.24) is 5.32 Å². The van der Waals surface area contributed by atoms with Gasteiger partial charge in [0.05, 0.1) is 11.4 Å². The minimum absolute atomic E-state index is 0.0448. The average molecular weight is 312 g/mol. The summed E-state index contributed by atoms with van der Waals surface area (Å²) in [6, 6.07) is 6.58. The molecule has 118 valence electrons. The number of sulfonamides is 1. The molecule has 0 aromatic heterocycles. The zero-order chi connectivity index (χ0) is 15.9. The summed E-state index contributed by atoms with van der Waals surface area (Å²) >= 11 is 0. The maximum absolute atomic E-state index is 11.9. The standard InChI is InChI=1S/C15H24N2O3S/c1-4-6-7-12-16-15(18)13-8-10-14(11-9-13)17(3)21(19,20)5-2/h8-11H,4-7,12H2,1-3H3,(H,16,18). The second-order valence-corrected chi connectivity index (χ2v) is 7.17. The van der Waals surface area contributed by atoms with Crippen molar-refractivity contribution in [1.29, 1.82) is 0 Å². The molecule has 0 aliphatic rings. The first-order valence-electron chi connectivity index (χ1n) is 7.27. The molecule has 1 aromatic rings. The Balaban J connectivity index is 2.67. The smallest absolute Gasteiger partial charge is 0.251 e. The maximum atomic E-state index is 11.9. The molecule has 0 aliphatic carbocycles. The lowest BCUT2D eigenvalue weighted by molar-refractivity contribution is 0.0953. The molecule has 5 nitrogen and oxygen atoms in total. The first-order chi connectivity index (χ1) is 9.92. The van der Waals surface area contributed by atoms with Crippen molar-refractivity contribution >= 4 is 21.6 Å². The number of unbranched alkanes of at least 4 members (excludes halogenated alkanes) is 2. The molecule has 1 rings (SSSR count). The summed E-state index contributed by atoms with van der Waals surface area (Å²) in [4.78, 5) is 11.9. The van der Waals surface area contributed by atoms with E-state index in [1.165, 1.54) is 11.4 Å². The first kappa shape index (κ1) is 17.5. The van der Waals surface area contributed by atoms with Gasteiger partial charge in [-0.2, -0.15) is 0 Å². The van der Waals surface area contributed by atoms with Crippen LogP contribution >= 0.6 is 0 Å². The van der Waals surface area contributed by atoms with Crippen LogP contribution in [-0.4, -0.2) is 33.7 Å². The fourth-order valence-electron chi connectivity index (χ4n) is 1.86. The Morgan fingerprint density at radius 2 is 1.76 bits per heavy atom. The molecule has 0 bridgehead atoms. The summed E-state index contributed by atoms with van der Waals surface area (Å²) < 4.78 is 24.8. The zero-order valence-corrected chi connectivity index (χ0v) is 13.7. The predicted molar refractivity (Wildman–Crippen MR) is 86.2 cm³/mol. The molecule has 6 heteroatoms. The van der Waals surface area contributed by atoms with E-state index in [-0.39, 0.29) is 11.7 Å². The van der Waals surface area contributed by atoms with Gasteiger partial charge in [0.1, 0.15) is 0 Å². The van der Waals surface area contributed by atoms with Gasteiger partial charge in [-0.1, -0.05) is 19.8 Å². The number of nitrogens with one attached hydrogen (secondary N) is 1. The summed E-state index contributed by atoms with van der Waals surface area (Å²) in [5.74, 6) is -0.0814. The highest BCUT2D eigenvalue weighted by atomic mass is 32.2. The van der Waals surface area contributed by atoms with Crippen LogP contribution in [0.15, 0.2) is 24.3 Å². The van der Waals surface area contributed by atoms with E-state index in [1.54, 1.807) is 31.2 Å². The van der Waals surface area contributed by atoms with Crippen molar-refractivity contribution < 1.29 is 13.2 Å². The molecule has 0 spiro atoms. The number of hydrogen-bond acceptors (Lipinski definition) is 3. The van der Waals surface area contributed by atoms with Crippen LogP contribution in [0.25, 0.3) is 0 Å². The van der Waals surface area contributed by atoms with Crippen molar-refractivity contribution in [2.24, 2.45) is 0 Å². The molecule has 0 unspecified atom stereocenters. The van der Waals surface area contributed by atoms with Gasteiger partial charge in [0.15, 0.2) is 0 Å². The second kappa shape index (κ2) is 8.02. The van der Waals surface area contributed by atoms with E-state index in [1.807, 2.05) is 0 Å². The van der Waals surface area contributed by atoms with Gasteiger partial charge >= 0.3 is 0 Å². The van der Waals surface area contributed by atoms with Crippen molar-refractivity contribution in [3.05, 3.63) is 29.8 Å². The topological polar surface area (TPSA) is 66.5 Å². The molecule has 1 amide bonds. The van der Waals surface area contributed by atoms with Crippen LogP contribution in [0.4, 0.5) is 5.69 Å². The van der Waals surface area contributed by atoms with Gasteiger partial charge in [0.25, 0.3) is 5.91 Å². The Morgan fingerprint density at radius 3 is 2.29 bits per heavy atom. The Hall–Kier alpha value is -1.56. The molecule has 0 fully saturated rings. The minimum atomic E-state index is -3.27. The van der Waals surface area contributed by atoms with Crippen LogP contribution in [0, 0.1) is 0 Å². The number of carbonyl (C=O) groups is 1. The Bertz CT molecular complexity index is 553. The van der Waals surface area contributed by atoms with Crippen LogP contribution in [0.2, 0.25) is 0 Å². The lowest BCUT2D eigenvalue weighted by Gasteiger charge is -2.18. The highest BCUT2D eigenvalue weighted by Crippen LogP contribution is 2.17. The van der Waals surface area contributed by atoms with Crippen molar-refractivity contribution in [2.75, 3.05) is 23.7 Å². The summed E-state index contributed by atoms with van der Waals surface area (Å²) in [6.07, 6.45) is 3.18. The molecule has 1 N–H and O–H groups in total. The van der Waals surface area contributed by atoms with Gasteiger partial charge in [0, 0.05) is 19.2 Å². The number of hydrogen-bond donors (Lipinski definition) is 1. The number of carbonyl (C=O) groups excluding carboxylic acids is 1. The third kappa shape index (κ3) is 5.04. The SMILES string of the molecule is CCCCCNC(=O)c1ccc(N(C)S(=O)(=O)CC)cc1. The lowest BCUT2D eigenvalue weighted by Crippen LogP contribution is -2.28. The van der Waals surface area contributed by atoms with Gasteiger partial charge in [0.2, 0.25) is 10.0 Å². The van der Waals surface area contributed by atoms with Gasteiger partial charge in [-0.05, 0) is 37.6 Å². The van der Waals surface area contributed by atoms with Crippen molar-refractivity contribution in [3.63, 3.8) is 0 Å². The Kier molecular flexibility index (Phi) is 6.68. The van der Waals surface area contributed by atoms with Crippen LogP contribution in [0.3, 0.4) is 0 Å². The van der Waals surface area contributed by atoms with Crippen LogP contribution in [-0.2, 0) is 10.0 Å². The van der Waals surface area contributed by atoms with Crippen LogP contribution in [0.5, 0.6) is 0 Å². The molecule has 0 aliphatic heterocycles. The number of benzene rings is 1. The molecular weight excluding hydrogens is 288 g/mol. The molecular formula is C15H24N2O3S. The van der Waals surface area contributed by atoms with E-state index in [4.69, 9.17) is 0 Å².